The van der Waals surface area contributed by atoms with Gasteiger partial charge in [0.15, 0.2) is 0 Å². The van der Waals surface area contributed by atoms with Crippen LogP contribution in [0.25, 0.3) is 0 Å². The van der Waals surface area contributed by atoms with Crippen LogP contribution in [0.4, 0.5) is 0 Å². The summed E-state index contributed by atoms with van der Waals surface area (Å²) in [6.07, 6.45) is 11.8. The van der Waals surface area contributed by atoms with Gasteiger partial charge in [-0.05, 0) is 106 Å². The van der Waals surface area contributed by atoms with Gasteiger partial charge in [-0.2, -0.15) is 0 Å². The van der Waals surface area contributed by atoms with Gasteiger partial charge in [0, 0.05) is 13.0 Å². The largest absolute Gasteiger partial charge is 0.387 e. The van der Waals surface area contributed by atoms with Crippen LogP contribution in [0.1, 0.15) is 78.1 Å². The number of aliphatic hydroxyl groups is 1. The molecule has 4 rings (SSSR count). The van der Waals surface area contributed by atoms with Crippen LogP contribution in [0.2, 0.25) is 0 Å². The zero-order chi connectivity index (χ0) is 18.5. The fourth-order valence-electron chi connectivity index (χ4n) is 8.47. The highest BCUT2D eigenvalue weighted by atomic mass is 16.5. The van der Waals surface area contributed by atoms with Crippen LogP contribution < -0.4 is 0 Å². The van der Waals surface area contributed by atoms with Gasteiger partial charge < -0.3 is 9.84 Å². The number of hydrogen-bond acceptors (Lipinski definition) is 3. The van der Waals surface area contributed by atoms with Gasteiger partial charge in [-0.3, -0.25) is 4.79 Å². The van der Waals surface area contributed by atoms with Crippen molar-refractivity contribution < 1.29 is 14.6 Å². The summed E-state index contributed by atoms with van der Waals surface area (Å²) in [4.78, 5) is 12.3. The molecule has 4 aliphatic carbocycles. The third-order valence-electron chi connectivity index (χ3n) is 9.38. The lowest BCUT2D eigenvalue weighted by Gasteiger charge is -2.57. The summed E-state index contributed by atoms with van der Waals surface area (Å²) >= 11 is 0. The van der Waals surface area contributed by atoms with Crippen molar-refractivity contribution in [2.75, 3.05) is 13.7 Å². The first-order chi connectivity index (χ1) is 12.4. The van der Waals surface area contributed by atoms with Crippen LogP contribution in [0.5, 0.6) is 0 Å². The van der Waals surface area contributed by atoms with Crippen LogP contribution >= 0.6 is 0 Å². The summed E-state index contributed by atoms with van der Waals surface area (Å²) in [6.45, 7) is 4.67. The zero-order valence-corrected chi connectivity index (χ0v) is 17.0. The Labute approximate surface area is 159 Å². The van der Waals surface area contributed by atoms with Gasteiger partial charge >= 0.3 is 0 Å². The molecule has 4 saturated carbocycles. The Bertz CT molecular complexity index is 546. The Morgan fingerprint density at radius 3 is 2.50 bits per heavy atom. The second-order valence-corrected chi connectivity index (χ2v) is 10.2. The van der Waals surface area contributed by atoms with Crippen molar-refractivity contribution in [1.29, 1.82) is 0 Å². The van der Waals surface area contributed by atoms with E-state index in [1.54, 1.807) is 7.11 Å². The van der Waals surface area contributed by atoms with Crippen molar-refractivity contribution in [2.45, 2.75) is 83.7 Å². The van der Waals surface area contributed by atoms with E-state index < -0.39 is 5.60 Å². The minimum atomic E-state index is -0.586. The molecule has 0 aromatic carbocycles. The molecule has 0 unspecified atom stereocenters. The van der Waals surface area contributed by atoms with Crippen LogP contribution in [0, 0.1) is 40.9 Å². The maximum Gasteiger partial charge on any atom is 0.133 e. The van der Waals surface area contributed by atoms with Gasteiger partial charge in [0.1, 0.15) is 5.78 Å². The lowest BCUT2D eigenvalue weighted by molar-refractivity contribution is -0.137. The first kappa shape index (κ1) is 18.9. The molecule has 1 N–H and O–H groups in total. The standard InChI is InChI=1S/C23H38O3/c1-4-23-12-10-18-17-9-11-22(25,14-26-3)13-16(17)5-6-19(18)21(23)8-7-20(23)15(2)24/h16-21,25H,4-14H2,1-3H3/t16-,17-,18+,19+,20+,21-,22+,23+/m0/s1. The summed E-state index contributed by atoms with van der Waals surface area (Å²) in [6, 6.07) is 0. The number of hydrogen-bond donors (Lipinski definition) is 1. The van der Waals surface area contributed by atoms with Gasteiger partial charge in [-0.15, -0.1) is 0 Å². The molecule has 4 aliphatic rings. The number of ether oxygens (including phenoxy) is 1. The van der Waals surface area contributed by atoms with Crippen LogP contribution in [0.3, 0.4) is 0 Å². The molecule has 0 radical (unpaired) electrons. The Kier molecular flexibility index (Phi) is 5.01. The molecule has 3 nitrogen and oxygen atoms in total. The quantitative estimate of drug-likeness (QED) is 0.794. The van der Waals surface area contributed by atoms with Crippen molar-refractivity contribution in [3.8, 4) is 0 Å². The van der Waals surface area contributed by atoms with Gasteiger partial charge in [-0.25, -0.2) is 0 Å². The molecular weight excluding hydrogens is 324 g/mol. The number of ketones is 1. The second kappa shape index (κ2) is 6.88. The Balaban J connectivity index is 1.53. The Hall–Kier alpha value is -0.410. The lowest BCUT2D eigenvalue weighted by Crippen LogP contribution is -2.52. The molecule has 0 spiro atoms. The molecule has 0 aromatic rings. The zero-order valence-electron chi connectivity index (χ0n) is 17.0. The van der Waals surface area contributed by atoms with Crippen LogP contribution in [-0.2, 0) is 9.53 Å². The predicted octanol–water partition coefficient (Wildman–Crippen LogP) is 4.61. The monoisotopic (exact) mass is 362 g/mol. The van der Waals surface area contributed by atoms with Crippen molar-refractivity contribution in [2.24, 2.45) is 40.9 Å². The van der Waals surface area contributed by atoms with Crippen LogP contribution in [0.15, 0.2) is 0 Å². The number of Topliss-reactive ketones (excluding diaryl/α,β-unsaturated/α-hetero) is 1. The molecule has 148 valence electrons. The topological polar surface area (TPSA) is 46.5 Å². The predicted molar refractivity (Wildman–Crippen MR) is 103 cm³/mol. The number of fused-ring (bicyclic) bond motifs is 5. The molecule has 26 heavy (non-hydrogen) atoms. The van der Waals surface area contributed by atoms with Crippen LogP contribution in [-0.4, -0.2) is 30.2 Å². The second-order valence-electron chi connectivity index (χ2n) is 10.2. The molecule has 0 aliphatic heterocycles. The average Bonchev–Trinajstić information content (AvgIpc) is 3.01. The van der Waals surface area contributed by atoms with Crippen molar-refractivity contribution in [3.63, 3.8) is 0 Å². The summed E-state index contributed by atoms with van der Waals surface area (Å²) in [5.41, 5.74) is -0.275. The van der Waals surface area contributed by atoms with E-state index in [1.165, 1.54) is 44.9 Å². The minimum absolute atomic E-state index is 0.311. The van der Waals surface area contributed by atoms with Gasteiger partial charge in [0.25, 0.3) is 0 Å². The maximum atomic E-state index is 12.3. The average molecular weight is 363 g/mol. The van der Waals surface area contributed by atoms with E-state index in [0.29, 0.717) is 29.6 Å². The fraction of sp³-hybridized carbons (Fsp3) is 0.957. The number of methoxy groups -OCH3 is 1. The van der Waals surface area contributed by atoms with Crippen molar-refractivity contribution in [1.82, 2.24) is 0 Å². The van der Waals surface area contributed by atoms with Gasteiger partial charge in [0.05, 0.1) is 12.2 Å². The smallest absolute Gasteiger partial charge is 0.133 e. The van der Waals surface area contributed by atoms with Gasteiger partial charge in [0.2, 0.25) is 0 Å². The molecule has 0 amide bonds. The number of carbonyl (C=O) groups excluding carboxylic acids is 1. The summed E-state index contributed by atoms with van der Waals surface area (Å²) in [5, 5.41) is 10.9. The minimum Gasteiger partial charge on any atom is -0.387 e. The molecule has 4 fully saturated rings. The summed E-state index contributed by atoms with van der Waals surface area (Å²) in [7, 11) is 1.71. The molecule has 8 atom stereocenters. The van der Waals surface area contributed by atoms with Gasteiger partial charge in [-0.1, -0.05) is 6.92 Å². The first-order valence-electron chi connectivity index (χ1n) is 11.2. The molecule has 0 saturated heterocycles. The van der Waals surface area contributed by atoms with E-state index >= 15 is 0 Å². The number of rotatable bonds is 4. The normalized spacial score (nSPS) is 50.6. The number of carbonyl (C=O) groups is 1. The fourth-order valence-corrected chi connectivity index (χ4v) is 8.47. The first-order valence-corrected chi connectivity index (χ1v) is 11.2. The SMILES string of the molecule is CC[C@]12CC[C@H]3[C@@H](CC[C@H]4C[C@@](O)(COC)CC[C@@H]43)[C@@H]1CC[C@@H]2C(C)=O. The van der Waals surface area contributed by atoms with Crippen molar-refractivity contribution >= 4 is 5.78 Å². The van der Waals surface area contributed by atoms with E-state index in [1.807, 2.05) is 6.92 Å². The van der Waals surface area contributed by atoms with E-state index in [4.69, 9.17) is 4.74 Å². The maximum absolute atomic E-state index is 12.3. The van der Waals surface area contributed by atoms with E-state index in [-0.39, 0.29) is 0 Å². The molecule has 3 heteroatoms. The molecule has 0 bridgehead atoms. The molecule has 0 heterocycles. The van der Waals surface area contributed by atoms with E-state index in [0.717, 1.165) is 42.9 Å². The highest BCUT2D eigenvalue weighted by Crippen LogP contribution is 2.65. The highest BCUT2D eigenvalue weighted by Gasteiger charge is 2.59. The molecular formula is C23H38O3. The lowest BCUT2D eigenvalue weighted by atomic mass is 9.48. The third kappa shape index (κ3) is 2.80. The summed E-state index contributed by atoms with van der Waals surface area (Å²) in [5.74, 6) is 4.72. The van der Waals surface area contributed by atoms with E-state index in [2.05, 4.69) is 6.92 Å². The van der Waals surface area contributed by atoms with E-state index in [9.17, 15) is 9.90 Å². The Morgan fingerprint density at radius 1 is 1.04 bits per heavy atom. The third-order valence-corrected chi connectivity index (χ3v) is 9.38. The molecule has 0 aromatic heterocycles. The highest BCUT2D eigenvalue weighted by molar-refractivity contribution is 5.79. The summed E-state index contributed by atoms with van der Waals surface area (Å²) < 4.78 is 5.31. The van der Waals surface area contributed by atoms with Crippen molar-refractivity contribution in [3.05, 3.63) is 0 Å². The Morgan fingerprint density at radius 2 is 1.81 bits per heavy atom.